The minimum atomic E-state index is -0.225. The number of ether oxygens (including phenoxy) is 3. The molecule has 0 radical (unpaired) electrons. The van der Waals surface area contributed by atoms with Gasteiger partial charge in [0, 0.05) is 6.42 Å². The molecule has 2 fully saturated rings. The van der Waals surface area contributed by atoms with E-state index in [1.165, 1.54) is 0 Å². The van der Waals surface area contributed by atoms with Crippen LogP contribution in [-0.4, -0.2) is 37.0 Å². The van der Waals surface area contributed by atoms with Crippen LogP contribution in [0, 0.1) is 0 Å². The van der Waals surface area contributed by atoms with E-state index >= 15 is 0 Å². The van der Waals surface area contributed by atoms with E-state index in [-0.39, 0.29) is 25.1 Å². The summed E-state index contributed by atoms with van der Waals surface area (Å²) in [4.78, 5) is 0. The molecule has 1 N–H and O–H groups in total. The SMILES string of the molecule is OC[C@@H]1C[C@H]2OCO[C@H]2O1. The van der Waals surface area contributed by atoms with Crippen molar-refractivity contribution in [2.24, 2.45) is 0 Å². The first-order valence-corrected chi connectivity index (χ1v) is 3.39. The maximum Gasteiger partial charge on any atom is 0.187 e. The van der Waals surface area contributed by atoms with Gasteiger partial charge in [-0.1, -0.05) is 0 Å². The molecule has 4 heteroatoms. The highest BCUT2D eigenvalue weighted by Gasteiger charge is 2.40. The van der Waals surface area contributed by atoms with Crippen LogP contribution in [0.15, 0.2) is 0 Å². The van der Waals surface area contributed by atoms with Gasteiger partial charge >= 0.3 is 0 Å². The van der Waals surface area contributed by atoms with Crippen LogP contribution in [-0.2, 0) is 14.2 Å². The molecule has 0 spiro atoms. The Bertz CT molecular complexity index is 115. The molecule has 0 bridgehead atoms. The number of fused-ring (bicyclic) bond motifs is 1. The molecule has 2 aliphatic rings. The van der Waals surface area contributed by atoms with Gasteiger partial charge in [-0.15, -0.1) is 0 Å². The Balaban J connectivity index is 1.94. The summed E-state index contributed by atoms with van der Waals surface area (Å²) in [6.45, 7) is 0.382. The van der Waals surface area contributed by atoms with E-state index < -0.39 is 0 Å². The fourth-order valence-corrected chi connectivity index (χ4v) is 1.31. The molecule has 2 saturated heterocycles. The van der Waals surface area contributed by atoms with E-state index in [0.717, 1.165) is 6.42 Å². The Morgan fingerprint density at radius 1 is 1.40 bits per heavy atom. The van der Waals surface area contributed by atoms with Crippen molar-refractivity contribution in [2.45, 2.75) is 24.9 Å². The number of aliphatic hydroxyl groups is 1. The lowest BCUT2D eigenvalue weighted by Crippen LogP contribution is -2.16. The maximum absolute atomic E-state index is 8.69. The van der Waals surface area contributed by atoms with E-state index in [1.54, 1.807) is 0 Å². The van der Waals surface area contributed by atoms with E-state index in [4.69, 9.17) is 19.3 Å². The molecule has 0 unspecified atom stereocenters. The average molecular weight is 146 g/mol. The second kappa shape index (κ2) is 2.47. The van der Waals surface area contributed by atoms with E-state index in [1.807, 2.05) is 0 Å². The number of aliphatic hydroxyl groups excluding tert-OH is 1. The minimum absolute atomic E-state index is 0.0529. The van der Waals surface area contributed by atoms with Gasteiger partial charge in [-0.05, 0) is 0 Å². The van der Waals surface area contributed by atoms with Gasteiger partial charge in [0.2, 0.25) is 0 Å². The number of hydrogen-bond acceptors (Lipinski definition) is 4. The van der Waals surface area contributed by atoms with Crippen LogP contribution >= 0.6 is 0 Å². The van der Waals surface area contributed by atoms with E-state index in [2.05, 4.69) is 0 Å². The molecule has 0 saturated carbocycles. The van der Waals surface area contributed by atoms with Gasteiger partial charge in [0.25, 0.3) is 0 Å². The topological polar surface area (TPSA) is 47.9 Å². The third-order valence-electron chi connectivity index (χ3n) is 1.84. The summed E-state index contributed by atoms with van der Waals surface area (Å²) in [6, 6.07) is 0. The van der Waals surface area contributed by atoms with Gasteiger partial charge < -0.3 is 19.3 Å². The highest BCUT2D eigenvalue weighted by Crippen LogP contribution is 2.27. The molecule has 10 heavy (non-hydrogen) atoms. The molecule has 2 heterocycles. The van der Waals surface area contributed by atoms with Crippen LogP contribution in [0.2, 0.25) is 0 Å². The van der Waals surface area contributed by atoms with Gasteiger partial charge in [0.1, 0.15) is 6.10 Å². The molecule has 0 amide bonds. The first kappa shape index (κ1) is 6.54. The molecular formula is C6H10O4. The van der Waals surface area contributed by atoms with Gasteiger partial charge in [-0.25, -0.2) is 0 Å². The van der Waals surface area contributed by atoms with Crippen molar-refractivity contribution < 1.29 is 19.3 Å². The normalized spacial score (nSPS) is 45.9. The summed E-state index contributed by atoms with van der Waals surface area (Å²) in [5, 5.41) is 8.69. The Morgan fingerprint density at radius 2 is 2.30 bits per heavy atom. The van der Waals surface area contributed by atoms with Gasteiger partial charge in [0.15, 0.2) is 13.1 Å². The van der Waals surface area contributed by atoms with Crippen LogP contribution in [0.25, 0.3) is 0 Å². The Hall–Kier alpha value is -0.160. The molecule has 58 valence electrons. The fraction of sp³-hybridized carbons (Fsp3) is 1.00. The van der Waals surface area contributed by atoms with Gasteiger partial charge in [-0.2, -0.15) is 0 Å². The lowest BCUT2D eigenvalue weighted by molar-refractivity contribution is -0.124. The van der Waals surface area contributed by atoms with Crippen molar-refractivity contribution in [1.82, 2.24) is 0 Å². The summed E-state index contributed by atoms with van der Waals surface area (Å²) in [5.41, 5.74) is 0. The first-order chi connectivity index (χ1) is 4.90. The van der Waals surface area contributed by atoms with Crippen molar-refractivity contribution in [2.75, 3.05) is 13.4 Å². The molecule has 4 nitrogen and oxygen atoms in total. The fourth-order valence-electron chi connectivity index (χ4n) is 1.31. The lowest BCUT2D eigenvalue weighted by atomic mass is 10.2. The molecule has 0 aromatic carbocycles. The molecule has 0 aliphatic carbocycles. The molecule has 2 rings (SSSR count). The van der Waals surface area contributed by atoms with Crippen LogP contribution < -0.4 is 0 Å². The monoisotopic (exact) mass is 146 g/mol. The van der Waals surface area contributed by atoms with Crippen molar-refractivity contribution >= 4 is 0 Å². The zero-order valence-electron chi connectivity index (χ0n) is 5.53. The molecule has 0 aromatic rings. The van der Waals surface area contributed by atoms with Crippen LogP contribution in [0.3, 0.4) is 0 Å². The highest BCUT2D eigenvalue weighted by atomic mass is 16.8. The maximum atomic E-state index is 8.69. The minimum Gasteiger partial charge on any atom is -0.394 e. The first-order valence-electron chi connectivity index (χ1n) is 3.39. The second-order valence-electron chi connectivity index (χ2n) is 2.53. The quantitative estimate of drug-likeness (QED) is 0.540. The molecular weight excluding hydrogens is 136 g/mol. The summed E-state index contributed by atoms with van der Waals surface area (Å²) >= 11 is 0. The molecule has 2 aliphatic heterocycles. The van der Waals surface area contributed by atoms with Crippen molar-refractivity contribution in [3.8, 4) is 0 Å². The molecule has 3 atom stereocenters. The standard InChI is InChI=1S/C6H10O4/c7-2-4-1-5-6(10-4)9-3-8-5/h4-7H,1-3H2/t4-,5+,6-/m0/s1. The molecule has 0 aromatic heterocycles. The van der Waals surface area contributed by atoms with Crippen molar-refractivity contribution in [3.05, 3.63) is 0 Å². The predicted molar refractivity (Wildman–Crippen MR) is 31.2 cm³/mol. The van der Waals surface area contributed by atoms with E-state index in [0.29, 0.717) is 6.79 Å². The van der Waals surface area contributed by atoms with Gasteiger partial charge in [-0.3, -0.25) is 0 Å². The lowest BCUT2D eigenvalue weighted by Gasteiger charge is -2.06. The summed E-state index contributed by atoms with van der Waals surface area (Å²) in [6.07, 6.45) is 0.492. The van der Waals surface area contributed by atoms with Crippen LogP contribution in [0.1, 0.15) is 6.42 Å². The summed E-state index contributed by atoms with van der Waals surface area (Å²) in [5.74, 6) is 0. The summed E-state index contributed by atoms with van der Waals surface area (Å²) in [7, 11) is 0. The van der Waals surface area contributed by atoms with Gasteiger partial charge in [0.05, 0.1) is 12.7 Å². The zero-order chi connectivity index (χ0) is 6.97. The number of hydrogen-bond donors (Lipinski definition) is 1. The largest absolute Gasteiger partial charge is 0.394 e. The third kappa shape index (κ3) is 0.932. The predicted octanol–water partition coefficient (Wildman–Crippen LogP) is -0.533. The Morgan fingerprint density at radius 3 is 3.00 bits per heavy atom. The Labute approximate surface area is 58.7 Å². The van der Waals surface area contributed by atoms with Crippen LogP contribution in [0.4, 0.5) is 0 Å². The van der Waals surface area contributed by atoms with Crippen molar-refractivity contribution in [3.63, 3.8) is 0 Å². The average Bonchev–Trinajstić information content (AvgIpc) is 2.42. The third-order valence-corrected chi connectivity index (χ3v) is 1.84. The second-order valence-corrected chi connectivity index (χ2v) is 2.53. The van der Waals surface area contributed by atoms with E-state index in [9.17, 15) is 0 Å². The smallest absolute Gasteiger partial charge is 0.187 e. The highest BCUT2D eigenvalue weighted by molar-refractivity contribution is 4.79. The van der Waals surface area contributed by atoms with Crippen LogP contribution in [0.5, 0.6) is 0 Å². The zero-order valence-corrected chi connectivity index (χ0v) is 5.53. The Kier molecular flexibility index (Phi) is 1.61. The van der Waals surface area contributed by atoms with Crippen molar-refractivity contribution in [1.29, 1.82) is 0 Å². The number of rotatable bonds is 1. The summed E-state index contributed by atoms with van der Waals surface area (Å²) < 4.78 is 15.4.